The molecule has 2 rings (SSSR count). The third-order valence-electron chi connectivity index (χ3n) is 2.77. The van der Waals surface area contributed by atoms with E-state index < -0.39 is 0 Å². The van der Waals surface area contributed by atoms with Crippen LogP contribution in [0.25, 0.3) is 0 Å². The monoisotopic (exact) mass is 248 g/mol. The van der Waals surface area contributed by atoms with Crippen molar-refractivity contribution >= 4 is 11.8 Å². The summed E-state index contributed by atoms with van der Waals surface area (Å²) in [4.78, 5) is 15.5. The number of urea groups is 1. The minimum Gasteiger partial charge on any atom is -0.370 e. The maximum Gasteiger partial charge on any atom is 0.315 e. The Kier molecular flexibility index (Phi) is 4.81. The topological polar surface area (TPSA) is 66.0 Å². The van der Waals surface area contributed by atoms with Crippen LogP contribution in [0.5, 0.6) is 0 Å². The Labute approximate surface area is 107 Å². The summed E-state index contributed by atoms with van der Waals surface area (Å²) in [5.41, 5.74) is 0. The number of nitrogens with zero attached hydrogens (tertiary/aromatic N) is 1. The maximum atomic E-state index is 11.3. The highest BCUT2D eigenvalue weighted by Gasteiger charge is 2.22. The van der Waals surface area contributed by atoms with Crippen LogP contribution in [0.15, 0.2) is 24.4 Å². The minimum absolute atomic E-state index is 0.0322. The second kappa shape index (κ2) is 6.83. The van der Waals surface area contributed by atoms with Crippen LogP contribution in [0.3, 0.4) is 0 Å². The van der Waals surface area contributed by atoms with Crippen LogP contribution in [0.1, 0.15) is 25.7 Å². The van der Waals surface area contributed by atoms with Gasteiger partial charge in [0.05, 0.1) is 0 Å². The third kappa shape index (κ3) is 5.03. The van der Waals surface area contributed by atoms with Gasteiger partial charge in [0, 0.05) is 25.3 Å². The summed E-state index contributed by atoms with van der Waals surface area (Å²) in [5, 5.41) is 8.99. The van der Waals surface area contributed by atoms with Gasteiger partial charge in [-0.05, 0) is 37.8 Å². The Morgan fingerprint density at radius 1 is 1.28 bits per heavy atom. The van der Waals surface area contributed by atoms with E-state index in [9.17, 15) is 4.79 Å². The fourth-order valence-electron chi connectivity index (χ4n) is 1.60. The van der Waals surface area contributed by atoms with Crippen molar-refractivity contribution in [2.75, 3.05) is 18.4 Å². The molecular weight excluding hydrogens is 228 g/mol. The lowest BCUT2D eigenvalue weighted by molar-refractivity contribution is 0.240. The van der Waals surface area contributed by atoms with Gasteiger partial charge in [-0.1, -0.05) is 6.07 Å². The fourth-order valence-corrected chi connectivity index (χ4v) is 1.60. The average Bonchev–Trinajstić information content (AvgIpc) is 3.19. The van der Waals surface area contributed by atoms with E-state index >= 15 is 0 Å². The van der Waals surface area contributed by atoms with Crippen LogP contribution in [0.4, 0.5) is 10.6 Å². The maximum absolute atomic E-state index is 11.3. The average molecular weight is 248 g/mol. The summed E-state index contributed by atoms with van der Waals surface area (Å²) in [5.74, 6) is 0.900. The first-order chi connectivity index (χ1) is 8.84. The number of nitrogens with one attached hydrogen (secondary N) is 3. The molecule has 0 aliphatic heterocycles. The van der Waals surface area contributed by atoms with Gasteiger partial charge < -0.3 is 16.0 Å². The molecule has 98 valence electrons. The molecule has 1 aromatic rings. The molecule has 1 heterocycles. The highest BCUT2D eigenvalue weighted by atomic mass is 16.2. The number of amides is 2. The van der Waals surface area contributed by atoms with Crippen LogP contribution in [-0.2, 0) is 0 Å². The van der Waals surface area contributed by atoms with Crippen LogP contribution >= 0.6 is 0 Å². The van der Waals surface area contributed by atoms with Gasteiger partial charge in [-0.2, -0.15) is 0 Å². The van der Waals surface area contributed by atoms with Crippen LogP contribution < -0.4 is 16.0 Å². The molecule has 0 atom stereocenters. The molecule has 5 heteroatoms. The summed E-state index contributed by atoms with van der Waals surface area (Å²) in [6.45, 7) is 1.60. The Bertz CT molecular complexity index is 365. The van der Waals surface area contributed by atoms with E-state index in [-0.39, 0.29) is 6.03 Å². The summed E-state index contributed by atoms with van der Waals surface area (Å²) in [6, 6.07) is 6.19. The number of carbonyl (C=O) groups excluding carboxylic acids is 1. The van der Waals surface area contributed by atoms with E-state index in [1.807, 2.05) is 18.2 Å². The Morgan fingerprint density at radius 3 is 2.83 bits per heavy atom. The molecule has 3 N–H and O–H groups in total. The van der Waals surface area contributed by atoms with Crippen molar-refractivity contribution in [3.05, 3.63) is 24.4 Å². The molecule has 1 aliphatic carbocycles. The number of hydrogen-bond donors (Lipinski definition) is 3. The lowest BCUT2D eigenvalue weighted by Crippen LogP contribution is -2.37. The molecule has 0 spiro atoms. The van der Waals surface area contributed by atoms with Gasteiger partial charge in [-0.25, -0.2) is 9.78 Å². The molecule has 1 aliphatic rings. The first-order valence-electron chi connectivity index (χ1n) is 6.54. The Morgan fingerprint density at radius 2 is 2.11 bits per heavy atom. The zero-order chi connectivity index (χ0) is 12.6. The summed E-state index contributed by atoms with van der Waals surface area (Å²) >= 11 is 0. The molecule has 0 saturated heterocycles. The van der Waals surface area contributed by atoms with Crippen molar-refractivity contribution in [2.45, 2.75) is 31.7 Å². The molecule has 1 saturated carbocycles. The normalized spacial score (nSPS) is 14.0. The Balaban J connectivity index is 1.45. The summed E-state index contributed by atoms with van der Waals surface area (Å²) in [6.07, 6.45) is 6.01. The largest absolute Gasteiger partial charge is 0.370 e. The zero-order valence-electron chi connectivity index (χ0n) is 10.5. The van der Waals surface area contributed by atoms with E-state index in [4.69, 9.17) is 0 Å². The van der Waals surface area contributed by atoms with E-state index in [2.05, 4.69) is 20.9 Å². The van der Waals surface area contributed by atoms with Crippen molar-refractivity contribution in [2.24, 2.45) is 0 Å². The molecule has 0 radical (unpaired) electrons. The van der Waals surface area contributed by atoms with Crippen molar-refractivity contribution in [3.63, 3.8) is 0 Å². The molecule has 1 aromatic heterocycles. The predicted octanol–water partition coefficient (Wildman–Crippen LogP) is 1.74. The van der Waals surface area contributed by atoms with Gasteiger partial charge in [-0.15, -0.1) is 0 Å². The fraction of sp³-hybridized carbons (Fsp3) is 0.538. The standard InChI is InChI=1S/C13H20N4O/c18-13(17-11-6-7-11)16-10-4-3-9-15-12-5-1-2-8-14-12/h1-2,5,8,11H,3-4,6-7,9-10H2,(H,14,15)(H2,16,17,18). The second-order valence-corrected chi connectivity index (χ2v) is 4.52. The van der Waals surface area contributed by atoms with Crippen molar-refractivity contribution in [3.8, 4) is 0 Å². The molecule has 5 nitrogen and oxygen atoms in total. The number of unbranched alkanes of at least 4 members (excludes halogenated alkanes) is 1. The number of rotatable bonds is 7. The number of pyridine rings is 1. The third-order valence-corrected chi connectivity index (χ3v) is 2.77. The zero-order valence-corrected chi connectivity index (χ0v) is 10.5. The van der Waals surface area contributed by atoms with Gasteiger partial charge in [0.2, 0.25) is 0 Å². The van der Waals surface area contributed by atoms with Crippen molar-refractivity contribution in [1.29, 1.82) is 0 Å². The minimum atomic E-state index is -0.0322. The van der Waals surface area contributed by atoms with E-state index in [1.165, 1.54) is 0 Å². The molecule has 18 heavy (non-hydrogen) atoms. The molecule has 0 bridgehead atoms. The van der Waals surface area contributed by atoms with Gasteiger partial charge in [0.15, 0.2) is 0 Å². The van der Waals surface area contributed by atoms with Crippen LogP contribution in [0, 0.1) is 0 Å². The van der Waals surface area contributed by atoms with Gasteiger partial charge >= 0.3 is 6.03 Å². The highest BCUT2D eigenvalue weighted by Crippen LogP contribution is 2.18. The molecule has 0 unspecified atom stereocenters. The number of hydrogen-bond acceptors (Lipinski definition) is 3. The van der Waals surface area contributed by atoms with E-state index in [0.717, 1.165) is 44.6 Å². The summed E-state index contributed by atoms with van der Waals surface area (Å²) < 4.78 is 0. The van der Waals surface area contributed by atoms with Gasteiger partial charge in [0.25, 0.3) is 0 Å². The molecule has 0 aromatic carbocycles. The first-order valence-corrected chi connectivity index (χ1v) is 6.54. The van der Waals surface area contributed by atoms with Crippen molar-refractivity contribution in [1.82, 2.24) is 15.6 Å². The SMILES string of the molecule is O=C(NCCCCNc1ccccn1)NC1CC1. The van der Waals surface area contributed by atoms with E-state index in [1.54, 1.807) is 6.20 Å². The van der Waals surface area contributed by atoms with Crippen molar-refractivity contribution < 1.29 is 4.79 Å². The number of anilines is 1. The predicted molar refractivity (Wildman–Crippen MR) is 71.5 cm³/mol. The lowest BCUT2D eigenvalue weighted by atomic mass is 10.3. The number of carbonyl (C=O) groups is 1. The van der Waals surface area contributed by atoms with E-state index in [0.29, 0.717) is 6.04 Å². The first kappa shape index (κ1) is 12.7. The smallest absolute Gasteiger partial charge is 0.315 e. The highest BCUT2D eigenvalue weighted by molar-refractivity contribution is 5.74. The van der Waals surface area contributed by atoms with Crippen LogP contribution in [0.2, 0.25) is 0 Å². The van der Waals surface area contributed by atoms with Gasteiger partial charge in [-0.3, -0.25) is 0 Å². The van der Waals surface area contributed by atoms with Gasteiger partial charge in [0.1, 0.15) is 5.82 Å². The summed E-state index contributed by atoms with van der Waals surface area (Å²) in [7, 11) is 0. The molecular formula is C13H20N4O. The molecule has 1 fully saturated rings. The Hall–Kier alpha value is -1.78. The quantitative estimate of drug-likeness (QED) is 0.644. The second-order valence-electron chi connectivity index (χ2n) is 4.52. The molecule has 2 amide bonds. The lowest BCUT2D eigenvalue weighted by Gasteiger charge is -2.07. The number of aromatic nitrogens is 1. The van der Waals surface area contributed by atoms with Crippen LogP contribution in [-0.4, -0.2) is 30.1 Å².